The summed E-state index contributed by atoms with van der Waals surface area (Å²) in [5.74, 6) is 0.333. The molecule has 3 aromatic carbocycles. The average molecular weight is 681 g/mol. The standard InChI is InChI=1S/C13H15BrO.C13H16O.C11H13Br/c1-13(2)6-5-9-7-10(12(15)8-14)3-4-11(9)13;1-9(14)10-4-5-12-11(8-10)6-7-13(12,2)3;1-11(2)6-5-8-7-9(12)3-4-10(8)11/h3-4,7H,5-6,8H2,1-2H3;4-5,8H,6-7H2,1-3H3;3-4,7H,5-6H2,1-2H3. The smallest absolute Gasteiger partial charge is 0.173 e. The van der Waals surface area contributed by atoms with Crippen molar-refractivity contribution in [2.24, 2.45) is 0 Å². The first-order valence-electron chi connectivity index (χ1n) is 14.8. The van der Waals surface area contributed by atoms with E-state index in [9.17, 15) is 9.59 Å². The summed E-state index contributed by atoms with van der Waals surface area (Å²) in [4.78, 5) is 22.7. The monoisotopic (exact) mass is 678 g/mol. The number of hydrogen-bond donors (Lipinski definition) is 0. The molecule has 3 aliphatic carbocycles. The molecule has 6 rings (SSSR count). The minimum Gasteiger partial charge on any atom is -0.295 e. The zero-order chi connectivity index (χ0) is 30.2. The highest BCUT2D eigenvalue weighted by Gasteiger charge is 2.31. The zero-order valence-corrected chi connectivity index (χ0v) is 28.9. The molecule has 2 nitrogen and oxygen atoms in total. The number of Topliss-reactive ketones (excluding diaryl/α,β-unsaturated/α-hetero) is 2. The summed E-state index contributed by atoms with van der Waals surface area (Å²) >= 11 is 6.71. The Bertz CT molecular complexity index is 1460. The lowest BCUT2D eigenvalue weighted by Gasteiger charge is -2.18. The first-order chi connectivity index (χ1) is 19.1. The molecule has 218 valence electrons. The predicted molar refractivity (Wildman–Crippen MR) is 179 cm³/mol. The molecule has 0 fully saturated rings. The van der Waals surface area contributed by atoms with Crippen molar-refractivity contribution in [3.8, 4) is 0 Å². The number of carbonyl (C=O) groups excluding carboxylic acids is 2. The Balaban J connectivity index is 0.000000142. The maximum atomic E-state index is 11.5. The normalized spacial score (nSPS) is 18.2. The third-order valence-corrected chi connectivity index (χ3v) is 10.4. The van der Waals surface area contributed by atoms with Crippen molar-refractivity contribution in [2.45, 2.75) is 103 Å². The lowest BCUT2D eigenvalue weighted by Crippen LogP contribution is -2.12. The summed E-state index contributed by atoms with van der Waals surface area (Å²) in [7, 11) is 0. The van der Waals surface area contributed by atoms with E-state index in [2.05, 4.69) is 116 Å². The fourth-order valence-corrected chi connectivity index (χ4v) is 7.30. The Morgan fingerprint density at radius 1 is 0.634 bits per heavy atom. The number of fused-ring (bicyclic) bond motifs is 3. The molecule has 4 heteroatoms. The number of alkyl halides is 1. The molecule has 3 aromatic rings. The second-order valence-electron chi connectivity index (χ2n) is 13.8. The lowest BCUT2D eigenvalue weighted by atomic mass is 9.86. The molecule has 0 amide bonds. The quantitative estimate of drug-likeness (QED) is 0.204. The number of rotatable bonds is 3. The van der Waals surface area contributed by atoms with Gasteiger partial charge in [-0.05, 0) is 119 Å². The van der Waals surface area contributed by atoms with Crippen LogP contribution in [0.3, 0.4) is 0 Å². The number of benzene rings is 3. The minimum atomic E-state index is 0.164. The Morgan fingerprint density at radius 2 is 1.02 bits per heavy atom. The van der Waals surface area contributed by atoms with E-state index in [1.165, 1.54) is 63.5 Å². The second-order valence-corrected chi connectivity index (χ2v) is 15.3. The summed E-state index contributed by atoms with van der Waals surface area (Å²) in [5.41, 5.74) is 11.3. The van der Waals surface area contributed by atoms with E-state index in [0.717, 1.165) is 24.0 Å². The molecular weight excluding hydrogens is 636 g/mol. The molecule has 0 atom stereocenters. The third-order valence-electron chi connectivity index (χ3n) is 9.37. The molecule has 0 radical (unpaired) electrons. The largest absolute Gasteiger partial charge is 0.295 e. The van der Waals surface area contributed by atoms with Crippen LogP contribution in [0.5, 0.6) is 0 Å². The molecule has 0 heterocycles. The Labute approximate surface area is 264 Å². The Kier molecular flexibility index (Phi) is 9.56. The highest BCUT2D eigenvalue weighted by molar-refractivity contribution is 9.10. The number of ketones is 2. The molecule has 0 bridgehead atoms. The van der Waals surface area contributed by atoms with Crippen molar-refractivity contribution in [1.82, 2.24) is 0 Å². The van der Waals surface area contributed by atoms with Crippen LogP contribution < -0.4 is 0 Å². The van der Waals surface area contributed by atoms with Gasteiger partial charge in [0.25, 0.3) is 0 Å². The molecule has 0 unspecified atom stereocenters. The van der Waals surface area contributed by atoms with Gasteiger partial charge < -0.3 is 0 Å². The van der Waals surface area contributed by atoms with Crippen LogP contribution in [0.2, 0.25) is 0 Å². The number of aryl methyl sites for hydroxylation is 3. The van der Waals surface area contributed by atoms with Crippen molar-refractivity contribution in [2.75, 3.05) is 5.33 Å². The van der Waals surface area contributed by atoms with Crippen LogP contribution in [-0.2, 0) is 35.5 Å². The first kappa shape index (κ1) is 31.9. The summed E-state index contributed by atoms with van der Waals surface area (Å²) in [6.07, 6.45) is 7.13. The van der Waals surface area contributed by atoms with E-state index >= 15 is 0 Å². The van der Waals surface area contributed by atoms with E-state index in [4.69, 9.17) is 0 Å². The van der Waals surface area contributed by atoms with Crippen LogP contribution in [0, 0.1) is 0 Å². The minimum absolute atomic E-state index is 0.164. The number of halogens is 2. The fourth-order valence-electron chi connectivity index (χ4n) is 6.57. The molecule has 0 aromatic heterocycles. The van der Waals surface area contributed by atoms with Gasteiger partial charge in [0.2, 0.25) is 0 Å². The first-order valence-corrected chi connectivity index (χ1v) is 16.7. The van der Waals surface area contributed by atoms with Gasteiger partial charge in [0.1, 0.15) is 0 Å². The lowest BCUT2D eigenvalue weighted by molar-refractivity contribution is 0.101. The van der Waals surface area contributed by atoms with Crippen molar-refractivity contribution in [3.05, 3.63) is 104 Å². The third kappa shape index (κ3) is 7.13. The SMILES string of the molecule is CC(=O)c1ccc2c(c1)CCC2(C)C.CC1(C)CCc2cc(Br)ccc21.CC1(C)CCc2cc(C(=O)CBr)ccc21. The van der Waals surface area contributed by atoms with E-state index in [0.29, 0.717) is 16.2 Å². The Hall–Kier alpha value is -2.04. The van der Waals surface area contributed by atoms with E-state index in [1.54, 1.807) is 6.92 Å². The topological polar surface area (TPSA) is 34.1 Å². The van der Waals surface area contributed by atoms with Crippen LogP contribution in [0.25, 0.3) is 0 Å². The van der Waals surface area contributed by atoms with Gasteiger partial charge >= 0.3 is 0 Å². The van der Waals surface area contributed by atoms with Gasteiger partial charge in [0.05, 0.1) is 5.33 Å². The van der Waals surface area contributed by atoms with Gasteiger partial charge in [-0.2, -0.15) is 0 Å². The fraction of sp³-hybridized carbons (Fsp3) is 0.459. The second kappa shape index (κ2) is 12.3. The zero-order valence-electron chi connectivity index (χ0n) is 25.7. The van der Waals surface area contributed by atoms with Crippen molar-refractivity contribution in [3.63, 3.8) is 0 Å². The molecule has 3 aliphatic rings. The van der Waals surface area contributed by atoms with Gasteiger partial charge in [-0.15, -0.1) is 0 Å². The van der Waals surface area contributed by atoms with Crippen LogP contribution in [0.15, 0.2) is 59.1 Å². The number of hydrogen-bond acceptors (Lipinski definition) is 2. The highest BCUT2D eigenvalue weighted by atomic mass is 79.9. The van der Waals surface area contributed by atoms with Gasteiger partial charge in [0, 0.05) is 15.6 Å². The Morgan fingerprint density at radius 3 is 1.46 bits per heavy atom. The van der Waals surface area contributed by atoms with E-state index in [1.807, 2.05) is 12.1 Å². The van der Waals surface area contributed by atoms with E-state index in [-0.39, 0.29) is 17.0 Å². The van der Waals surface area contributed by atoms with Gasteiger partial charge in [-0.3, -0.25) is 9.59 Å². The maximum Gasteiger partial charge on any atom is 0.173 e. The number of carbonyl (C=O) groups is 2. The molecule has 41 heavy (non-hydrogen) atoms. The van der Waals surface area contributed by atoms with Gasteiger partial charge in [-0.25, -0.2) is 0 Å². The molecule has 0 saturated heterocycles. The predicted octanol–water partition coefficient (Wildman–Crippen LogP) is 10.3. The maximum absolute atomic E-state index is 11.5. The molecule has 0 N–H and O–H groups in total. The van der Waals surface area contributed by atoms with Gasteiger partial charge in [-0.1, -0.05) is 104 Å². The average Bonchev–Trinajstić information content (AvgIpc) is 3.52. The van der Waals surface area contributed by atoms with Crippen molar-refractivity contribution in [1.29, 1.82) is 0 Å². The molecule has 0 aliphatic heterocycles. The summed E-state index contributed by atoms with van der Waals surface area (Å²) < 4.78 is 1.21. The van der Waals surface area contributed by atoms with Crippen LogP contribution in [-0.4, -0.2) is 16.9 Å². The van der Waals surface area contributed by atoms with Crippen molar-refractivity contribution >= 4 is 43.4 Å². The van der Waals surface area contributed by atoms with Crippen LogP contribution >= 0.6 is 31.9 Å². The highest BCUT2D eigenvalue weighted by Crippen LogP contribution is 2.40. The summed E-state index contributed by atoms with van der Waals surface area (Å²) in [6, 6.07) is 18.9. The molecule has 0 saturated carbocycles. The summed E-state index contributed by atoms with van der Waals surface area (Å²) in [6.45, 7) is 15.4. The molecule has 0 spiro atoms. The van der Waals surface area contributed by atoms with E-state index < -0.39 is 0 Å². The van der Waals surface area contributed by atoms with Crippen LogP contribution in [0.4, 0.5) is 0 Å². The molecular formula is C37H44Br2O2. The van der Waals surface area contributed by atoms with Gasteiger partial charge in [0.15, 0.2) is 11.6 Å². The van der Waals surface area contributed by atoms with Crippen molar-refractivity contribution < 1.29 is 9.59 Å². The summed E-state index contributed by atoms with van der Waals surface area (Å²) in [5, 5.41) is 0.412. The van der Waals surface area contributed by atoms with Crippen LogP contribution in [0.1, 0.15) is 122 Å².